The predicted octanol–water partition coefficient (Wildman–Crippen LogP) is 5.19. The fraction of sp³-hybridized carbons (Fsp3) is 0.379. The second kappa shape index (κ2) is 9.61. The number of rotatable bonds is 7. The molecule has 1 atom stereocenters. The molecule has 3 aromatic rings. The molecule has 0 bridgehead atoms. The van der Waals surface area contributed by atoms with Crippen LogP contribution in [0.3, 0.4) is 0 Å². The molecule has 0 unspecified atom stereocenters. The number of fused-ring (bicyclic) bond motifs is 1. The van der Waals surface area contributed by atoms with Crippen LogP contribution in [0.15, 0.2) is 59.0 Å². The van der Waals surface area contributed by atoms with Crippen molar-refractivity contribution in [2.75, 3.05) is 6.54 Å². The minimum atomic E-state index is -0.235. The van der Waals surface area contributed by atoms with Crippen molar-refractivity contribution in [2.45, 2.75) is 58.7 Å². The van der Waals surface area contributed by atoms with E-state index < -0.39 is 0 Å². The zero-order valence-corrected chi connectivity index (χ0v) is 20.5. The van der Waals surface area contributed by atoms with Crippen LogP contribution >= 0.6 is 0 Å². The SMILES string of the molecule is Cc1cccc([C@H]2c3cc(OCc4ccc(C(=O)NC(C)C)o4)ccc3CCN2C(=O)C2CC2)c1. The number of hydrogen-bond acceptors (Lipinski definition) is 4. The van der Waals surface area contributed by atoms with Crippen LogP contribution in [0.1, 0.15) is 71.3 Å². The van der Waals surface area contributed by atoms with Gasteiger partial charge in [0.2, 0.25) is 5.91 Å². The van der Waals surface area contributed by atoms with E-state index in [1.807, 2.05) is 19.9 Å². The third-order valence-corrected chi connectivity index (χ3v) is 6.60. The summed E-state index contributed by atoms with van der Waals surface area (Å²) < 4.78 is 11.7. The van der Waals surface area contributed by atoms with Gasteiger partial charge in [-0.05, 0) is 81.0 Å². The molecular formula is C29H32N2O4. The molecule has 2 aromatic carbocycles. The van der Waals surface area contributed by atoms with Crippen LogP contribution in [0.4, 0.5) is 0 Å². The summed E-state index contributed by atoms with van der Waals surface area (Å²) >= 11 is 0. The molecule has 0 spiro atoms. The van der Waals surface area contributed by atoms with E-state index in [1.54, 1.807) is 12.1 Å². The van der Waals surface area contributed by atoms with Gasteiger partial charge in [0, 0.05) is 18.5 Å². The van der Waals surface area contributed by atoms with Gasteiger partial charge in [0.15, 0.2) is 5.76 Å². The molecule has 1 aliphatic heterocycles. The lowest BCUT2D eigenvalue weighted by molar-refractivity contribution is -0.134. The summed E-state index contributed by atoms with van der Waals surface area (Å²) in [6.07, 6.45) is 2.82. The molecule has 2 amide bonds. The molecule has 2 heterocycles. The largest absolute Gasteiger partial charge is 0.486 e. The molecular weight excluding hydrogens is 440 g/mol. The highest BCUT2D eigenvalue weighted by Gasteiger charge is 2.39. The third-order valence-electron chi connectivity index (χ3n) is 6.60. The number of amides is 2. The van der Waals surface area contributed by atoms with Crippen LogP contribution in [0.2, 0.25) is 0 Å². The Bertz CT molecular complexity index is 1240. The van der Waals surface area contributed by atoms with E-state index in [4.69, 9.17) is 9.15 Å². The van der Waals surface area contributed by atoms with Crippen molar-refractivity contribution in [2.24, 2.45) is 5.92 Å². The molecule has 6 nitrogen and oxygen atoms in total. The fourth-order valence-electron chi connectivity index (χ4n) is 4.75. The second-order valence-electron chi connectivity index (χ2n) is 9.92. The Kier molecular flexibility index (Phi) is 6.37. The number of aryl methyl sites for hydroxylation is 1. The van der Waals surface area contributed by atoms with Crippen LogP contribution in [-0.4, -0.2) is 29.3 Å². The van der Waals surface area contributed by atoms with Gasteiger partial charge in [-0.2, -0.15) is 0 Å². The molecule has 1 fully saturated rings. The molecule has 1 N–H and O–H groups in total. The topological polar surface area (TPSA) is 71.8 Å². The smallest absolute Gasteiger partial charge is 0.287 e. The van der Waals surface area contributed by atoms with Gasteiger partial charge in [-0.25, -0.2) is 0 Å². The molecule has 0 saturated heterocycles. The summed E-state index contributed by atoms with van der Waals surface area (Å²) in [6.45, 7) is 6.84. The molecule has 1 aromatic heterocycles. The average molecular weight is 473 g/mol. The fourth-order valence-corrected chi connectivity index (χ4v) is 4.75. The van der Waals surface area contributed by atoms with Crippen molar-refractivity contribution in [1.82, 2.24) is 10.2 Å². The van der Waals surface area contributed by atoms with Crippen LogP contribution in [0.5, 0.6) is 5.75 Å². The van der Waals surface area contributed by atoms with Crippen LogP contribution < -0.4 is 10.1 Å². The highest BCUT2D eigenvalue weighted by atomic mass is 16.5. The summed E-state index contributed by atoms with van der Waals surface area (Å²) in [6, 6.07) is 17.9. The first-order valence-corrected chi connectivity index (χ1v) is 12.4. The van der Waals surface area contributed by atoms with Crippen LogP contribution in [0.25, 0.3) is 0 Å². The Balaban J connectivity index is 1.39. The molecule has 1 aliphatic carbocycles. The van der Waals surface area contributed by atoms with E-state index >= 15 is 0 Å². The maximum atomic E-state index is 13.2. The summed E-state index contributed by atoms with van der Waals surface area (Å²) in [5, 5.41) is 2.82. The molecule has 5 rings (SSSR count). The van der Waals surface area contributed by atoms with E-state index in [0.717, 1.165) is 36.9 Å². The van der Waals surface area contributed by atoms with E-state index in [-0.39, 0.29) is 42.2 Å². The summed E-state index contributed by atoms with van der Waals surface area (Å²) in [5.41, 5.74) is 4.67. The number of furan rings is 1. The number of nitrogens with zero attached hydrogens (tertiary/aromatic N) is 1. The average Bonchev–Trinajstić information content (AvgIpc) is 3.58. The first-order valence-electron chi connectivity index (χ1n) is 12.4. The Morgan fingerprint density at radius 3 is 2.69 bits per heavy atom. The van der Waals surface area contributed by atoms with E-state index in [2.05, 4.69) is 53.5 Å². The lowest BCUT2D eigenvalue weighted by Crippen LogP contribution is -2.41. The van der Waals surface area contributed by atoms with Gasteiger partial charge >= 0.3 is 0 Å². The Morgan fingerprint density at radius 2 is 1.94 bits per heavy atom. The minimum absolute atomic E-state index is 0.0375. The standard InChI is InChI=1S/C29H32N2O4/c1-18(2)30-28(32)26-12-11-24(35-26)17-34-23-10-9-20-13-14-31(29(33)21-7-8-21)27(25(20)16-23)22-6-4-5-19(3)15-22/h4-6,9-12,15-16,18,21,27H,7-8,13-14,17H2,1-3H3,(H,30,32)/t27-/m0/s1. The predicted molar refractivity (Wildman–Crippen MR) is 133 cm³/mol. The van der Waals surface area contributed by atoms with E-state index in [9.17, 15) is 9.59 Å². The lowest BCUT2D eigenvalue weighted by atomic mass is 9.87. The van der Waals surface area contributed by atoms with E-state index in [0.29, 0.717) is 11.5 Å². The van der Waals surface area contributed by atoms with Gasteiger partial charge in [0.05, 0.1) is 6.04 Å². The first kappa shape index (κ1) is 23.2. The maximum absolute atomic E-state index is 13.2. The number of nitrogens with one attached hydrogen (secondary N) is 1. The Morgan fingerprint density at radius 1 is 1.11 bits per heavy atom. The van der Waals surface area contributed by atoms with Crippen LogP contribution in [0, 0.1) is 12.8 Å². The monoisotopic (exact) mass is 472 g/mol. The van der Waals surface area contributed by atoms with Gasteiger partial charge in [-0.15, -0.1) is 0 Å². The zero-order chi connectivity index (χ0) is 24.5. The third kappa shape index (κ3) is 5.11. The number of ether oxygens (including phenoxy) is 1. The van der Waals surface area contributed by atoms with E-state index in [1.165, 1.54) is 11.1 Å². The number of carbonyl (C=O) groups is 2. The quantitative estimate of drug-likeness (QED) is 0.514. The minimum Gasteiger partial charge on any atom is -0.486 e. The number of benzene rings is 2. The molecule has 0 radical (unpaired) electrons. The van der Waals surface area contributed by atoms with Gasteiger partial charge < -0.3 is 19.4 Å². The van der Waals surface area contributed by atoms with Crippen molar-refractivity contribution in [1.29, 1.82) is 0 Å². The summed E-state index contributed by atoms with van der Waals surface area (Å²) in [5.74, 6) is 1.77. The van der Waals surface area contributed by atoms with Gasteiger partial charge in [-0.1, -0.05) is 35.9 Å². The first-order chi connectivity index (χ1) is 16.9. The lowest BCUT2D eigenvalue weighted by Gasteiger charge is -2.38. The Labute approximate surface area is 206 Å². The van der Waals surface area contributed by atoms with Crippen molar-refractivity contribution in [3.05, 3.63) is 88.4 Å². The number of hydrogen-bond donors (Lipinski definition) is 1. The highest BCUT2D eigenvalue weighted by molar-refractivity contribution is 5.91. The molecule has 182 valence electrons. The molecule has 35 heavy (non-hydrogen) atoms. The number of carbonyl (C=O) groups excluding carboxylic acids is 2. The summed E-state index contributed by atoms with van der Waals surface area (Å²) in [7, 11) is 0. The Hall–Kier alpha value is -3.54. The van der Waals surface area contributed by atoms with Gasteiger partial charge in [-0.3, -0.25) is 9.59 Å². The molecule has 1 saturated carbocycles. The molecule has 2 aliphatic rings. The highest BCUT2D eigenvalue weighted by Crippen LogP contribution is 2.41. The van der Waals surface area contributed by atoms with Crippen molar-refractivity contribution in [3.63, 3.8) is 0 Å². The van der Waals surface area contributed by atoms with Crippen molar-refractivity contribution >= 4 is 11.8 Å². The second-order valence-corrected chi connectivity index (χ2v) is 9.92. The van der Waals surface area contributed by atoms with Gasteiger partial charge in [0.1, 0.15) is 18.1 Å². The summed E-state index contributed by atoms with van der Waals surface area (Å²) in [4.78, 5) is 27.4. The van der Waals surface area contributed by atoms with Crippen LogP contribution in [-0.2, 0) is 17.8 Å². The maximum Gasteiger partial charge on any atom is 0.287 e. The van der Waals surface area contributed by atoms with Crippen molar-refractivity contribution in [3.8, 4) is 5.75 Å². The van der Waals surface area contributed by atoms with Gasteiger partial charge in [0.25, 0.3) is 5.91 Å². The zero-order valence-electron chi connectivity index (χ0n) is 20.5. The van der Waals surface area contributed by atoms with Crippen molar-refractivity contribution < 1.29 is 18.7 Å². The molecule has 6 heteroatoms. The normalized spacial score (nSPS) is 17.3.